The fourth-order valence-electron chi connectivity index (χ4n) is 2.94. The molecule has 1 aliphatic heterocycles. The topological polar surface area (TPSA) is 93.5 Å². The van der Waals surface area contributed by atoms with Crippen molar-refractivity contribution in [3.05, 3.63) is 60.2 Å². The van der Waals surface area contributed by atoms with E-state index >= 15 is 0 Å². The second kappa shape index (κ2) is 8.20. The minimum Gasteiger partial charge on any atom is -0.368 e. The van der Waals surface area contributed by atoms with E-state index in [-0.39, 0.29) is 22.9 Å². The van der Waals surface area contributed by atoms with Crippen molar-refractivity contribution in [1.29, 1.82) is 5.26 Å². The van der Waals surface area contributed by atoms with E-state index in [1.165, 1.54) is 24.3 Å². The molecule has 8 heteroatoms. The Morgan fingerprint density at radius 1 is 1.04 bits per heavy atom. The number of benzene rings is 2. The van der Waals surface area contributed by atoms with Gasteiger partial charge in [-0.25, -0.2) is 13.1 Å². The molecule has 0 spiro atoms. The molecule has 7 nitrogen and oxygen atoms in total. The second-order valence-electron chi connectivity index (χ2n) is 6.17. The van der Waals surface area contributed by atoms with Crippen molar-refractivity contribution in [2.75, 3.05) is 37.6 Å². The first-order valence-corrected chi connectivity index (χ1v) is 10.1. The van der Waals surface area contributed by atoms with Gasteiger partial charge in [0.15, 0.2) is 0 Å². The number of carbonyl (C=O) groups excluding carboxylic acids is 1. The fourth-order valence-corrected chi connectivity index (χ4v) is 3.96. The molecule has 1 N–H and O–H groups in total. The Bertz CT molecular complexity index is 946. The first kappa shape index (κ1) is 18.9. The number of rotatable bonds is 5. The average molecular weight is 384 g/mol. The number of nitrogens with zero attached hydrogens (tertiary/aromatic N) is 3. The Morgan fingerprint density at radius 3 is 2.41 bits per heavy atom. The minimum absolute atomic E-state index is 0.0248. The maximum Gasteiger partial charge on any atom is 0.241 e. The Kier molecular flexibility index (Phi) is 5.74. The largest absolute Gasteiger partial charge is 0.368 e. The molecule has 1 saturated heterocycles. The van der Waals surface area contributed by atoms with Crippen LogP contribution >= 0.6 is 0 Å². The quantitative estimate of drug-likeness (QED) is 0.836. The molecule has 3 rings (SSSR count). The highest BCUT2D eigenvalue weighted by Crippen LogP contribution is 2.15. The summed E-state index contributed by atoms with van der Waals surface area (Å²) in [6.45, 7) is 2.18. The molecule has 1 heterocycles. The molecule has 0 radical (unpaired) electrons. The number of carbonyl (C=O) groups is 1. The van der Waals surface area contributed by atoms with Gasteiger partial charge in [-0.2, -0.15) is 5.26 Å². The summed E-state index contributed by atoms with van der Waals surface area (Å²) in [6, 6.07) is 17.6. The van der Waals surface area contributed by atoms with Crippen molar-refractivity contribution in [3.63, 3.8) is 0 Å². The Labute approximate surface area is 158 Å². The Balaban J connectivity index is 1.54. The van der Waals surface area contributed by atoms with Crippen LogP contribution in [-0.2, 0) is 14.8 Å². The summed E-state index contributed by atoms with van der Waals surface area (Å²) < 4.78 is 27.0. The van der Waals surface area contributed by atoms with E-state index in [4.69, 9.17) is 5.26 Å². The van der Waals surface area contributed by atoms with Crippen molar-refractivity contribution in [2.24, 2.45) is 0 Å². The van der Waals surface area contributed by atoms with Gasteiger partial charge in [0.25, 0.3) is 0 Å². The SMILES string of the molecule is N#Cc1cccc(S(=O)(=O)NCC(=O)N2CCN(c3ccccc3)CC2)c1. The lowest BCUT2D eigenvalue weighted by Crippen LogP contribution is -2.51. The third kappa shape index (κ3) is 4.64. The van der Waals surface area contributed by atoms with Gasteiger partial charge < -0.3 is 9.80 Å². The highest BCUT2D eigenvalue weighted by atomic mass is 32.2. The van der Waals surface area contributed by atoms with E-state index in [0.717, 1.165) is 5.69 Å². The monoisotopic (exact) mass is 384 g/mol. The highest BCUT2D eigenvalue weighted by Gasteiger charge is 2.23. The zero-order valence-corrected chi connectivity index (χ0v) is 15.5. The molecule has 1 aliphatic rings. The maximum absolute atomic E-state index is 12.4. The van der Waals surface area contributed by atoms with Crippen LogP contribution < -0.4 is 9.62 Å². The van der Waals surface area contributed by atoms with Gasteiger partial charge in [-0.3, -0.25) is 4.79 Å². The second-order valence-corrected chi connectivity index (χ2v) is 7.93. The number of nitriles is 1. The summed E-state index contributed by atoms with van der Waals surface area (Å²) in [5.41, 5.74) is 1.36. The average Bonchev–Trinajstić information content (AvgIpc) is 2.73. The van der Waals surface area contributed by atoms with Gasteiger partial charge in [-0.15, -0.1) is 0 Å². The molecule has 0 atom stereocenters. The van der Waals surface area contributed by atoms with Crippen LogP contribution in [0.25, 0.3) is 0 Å². The standard InChI is InChI=1S/C19H20N4O3S/c20-14-16-5-4-8-18(13-16)27(25,26)21-15-19(24)23-11-9-22(10-12-23)17-6-2-1-3-7-17/h1-8,13,21H,9-12,15H2. The molecular formula is C19H20N4O3S. The van der Waals surface area contributed by atoms with Crippen molar-refractivity contribution in [1.82, 2.24) is 9.62 Å². The highest BCUT2D eigenvalue weighted by molar-refractivity contribution is 7.89. The molecule has 1 amide bonds. The molecule has 0 bridgehead atoms. The third-order valence-corrected chi connectivity index (χ3v) is 5.84. The van der Waals surface area contributed by atoms with Crippen LogP contribution in [0.4, 0.5) is 5.69 Å². The van der Waals surface area contributed by atoms with Crippen LogP contribution in [0, 0.1) is 11.3 Å². The fraction of sp³-hybridized carbons (Fsp3) is 0.263. The van der Waals surface area contributed by atoms with Crippen molar-refractivity contribution < 1.29 is 13.2 Å². The lowest BCUT2D eigenvalue weighted by Gasteiger charge is -2.36. The Hall–Kier alpha value is -2.89. The normalized spacial score (nSPS) is 14.6. The van der Waals surface area contributed by atoms with Gasteiger partial charge in [-0.1, -0.05) is 24.3 Å². The van der Waals surface area contributed by atoms with E-state index < -0.39 is 10.0 Å². The number of amides is 1. The summed E-state index contributed by atoms with van der Waals surface area (Å²) in [6.07, 6.45) is 0. The zero-order valence-electron chi connectivity index (χ0n) is 14.7. The molecule has 140 valence electrons. The van der Waals surface area contributed by atoms with Gasteiger partial charge in [0.05, 0.1) is 23.1 Å². The number of sulfonamides is 1. The summed E-state index contributed by atoms with van der Waals surface area (Å²) >= 11 is 0. The molecule has 0 aromatic heterocycles. The minimum atomic E-state index is -3.84. The van der Waals surface area contributed by atoms with Gasteiger partial charge >= 0.3 is 0 Å². The van der Waals surface area contributed by atoms with Crippen LogP contribution in [0.1, 0.15) is 5.56 Å². The number of piperazine rings is 1. The summed E-state index contributed by atoms with van der Waals surface area (Å²) in [5.74, 6) is -0.261. The molecule has 1 fully saturated rings. The number of para-hydroxylation sites is 1. The van der Waals surface area contributed by atoms with E-state index in [1.54, 1.807) is 4.90 Å². The molecular weight excluding hydrogens is 364 g/mol. The van der Waals surface area contributed by atoms with E-state index in [2.05, 4.69) is 9.62 Å². The van der Waals surface area contributed by atoms with Crippen molar-refractivity contribution in [3.8, 4) is 6.07 Å². The van der Waals surface area contributed by atoms with E-state index in [0.29, 0.717) is 26.2 Å². The van der Waals surface area contributed by atoms with Crippen molar-refractivity contribution >= 4 is 21.6 Å². The zero-order chi connectivity index (χ0) is 19.3. The first-order valence-electron chi connectivity index (χ1n) is 8.57. The molecule has 0 aliphatic carbocycles. The lowest BCUT2D eigenvalue weighted by atomic mass is 10.2. The predicted molar refractivity (Wildman–Crippen MR) is 102 cm³/mol. The number of anilines is 1. The van der Waals surface area contributed by atoms with Crippen LogP contribution in [0.3, 0.4) is 0 Å². The number of hydrogen-bond donors (Lipinski definition) is 1. The molecule has 2 aromatic carbocycles. The summed E-state index contributed by atoms with van der Waals surface area (Å²) in [4.78, 5) is 16.2. The Morgan fingerprint density at radius 2 is 1.74 bits per heavy atom. The van der Waals surface area contributed by atoms with Gasteiger partial charge in [0, 0.05) is 31.9 Å². The van der Waals surface area contributed by atoms with Crippen LogP contribution in [0.5, 0.6) is 0 Å². The lowest BCUT2D eigenvalue weighted by molar-refractivity contribution is -0.130. The van der Waals surface area contributed by atoms with Crippen LogP contribution in [0.15, 0.2) is 59.5 Å². The smallest absolute Gasteiger partial charge is 0.241 e. The predicted octanol–water partition coefficient (Wildman–Crippen LogP) is 1.19. The van der Waals surface area contributed by atoms with Gasteiger partial charge in [0.1, 0.15) is 0 Å². The maximum atomic E-state index is 12.4. The number of hydrogen-bond acceptors (Lipinski definition) is 5. The molecule has 0 unspecified atom stereocenters. The summed E-state index contributed by atoms with van der Waals surface area (Å²) in [5, 5.41) is 8.89. The van der Waals surface area contributed by atoms with Crippen molar-refractivity contribution in [2.45, 2.75) is 4.90 Å². The first-order chi connectivity index (χ1) is 13.0. The molecule has 2 aromatic rings. The van der Waals surface area contributed by atoms with Crippen LogP contribution in [-0.4, -0.2) is 51.9 Å². The van der Waals surface area contributed by atoms with Gasteiger partial charge in [-0.05, 0) is 30.3 Å². The third-order valence-electron chi connectivity index (χ3n) is 4.44. The van der Waals surface area contributed by atoms with Gasteiger partial charge in [0.2, 0.25) is 15.9 Å². The van der Waals surface area contributed by atoms with E-state index in [9.17, 15) is 13.2 Å². The van der Waals surface area contributed by atoms with Crippen LogP contribution in [0.2, 0.25) is 0 Å². The summed E-state index contributed by atoms with van der Waals surface area (Å²) in [7, 11) is -3.84. The van der Waals surface area contributed by atoms with E-state index in [1.807, 2.05) is 36.4 Å². The number of nitrogens with one attached hydrogen (secondary N) is 1. The molecule has 27 heavy (non-hydrogen) atoms. The molecule has 0 saturated carbocycles.